The highest BCUT2D eigenvalue weighted by atomic mass is 35.5. The predicted octanol–water partition coefficient (Wildman–Crippen LogP) is 2.67. The average Bonchev–Trinajstić information content (AvgIpc) is 2.62. The highest BCUT2D eigenvalue weighted by Gasteiger charge is 2.48. The molecule has 2 aliphatic rings. The first-order valence-electron chi connectivity index (χ1n) is 5.96. The van der Waals surface area contributed by atoms with Gasteiger partial charge in [-0.1, -0.05) is 11.6 Å². The third-order valence-corrected chi connectivity index (χ3v) is 4.12. The standard InChI is InChI=1S/C13H16ClNO2/c1-8-13(4-5-16-8)7-11(15)10-6-9(14)2-3-12(10)17-13/h2-3,6,8,11H,4-5,7,15H2,1H3/t8?,11-,13?/m1/s1. The van der Waals surface area contributed by atoms with Gasteiger partial charge in [-0.05, 0) is 25.1 Å². The van der Waals surface area contributed by atoms with E-state index >= 15 is 0 Å². The Hall–Kier alpha value is -0.770. The van der Waals surface area contributed by atoms with Gasteiger partial charge < -0.3 is 15.2 Å². The summed E-state index contributed by atoms with van der Waals surface area (Å²) >= 11 is 5.99. The van der Waals surface area contributed by atoms with Crippen molar-refractivity contribution in [3.63, 3.8) is 0 Å². The molecule has 1 aromatic rings. The third-order valence-electron chi connectivity index (χ3n) is 3.88. The number of hydrogen-bond donors (Lipinski definition) is 1. The first-order valence-corrected chi connectivity index (χ1v) is 6.34. The van der Waals surface area contributed by atoms with Crippen molar-refractivity contribution in [2.75, 3.05) is 6.61 Å². The second-order valence-electron chi connectivity index (χ2n) is 4.92. The topological polar surface area (TPSA) is 44.5 Å². The number of halogens is 1. The fourth-order valence-electron chi connectivity index (χ4n) is 2.81. The van der Waals surface area contributed by atoms with Gasteiger partial charge in [0.1, 0.15) is 11.4 Å². The van der Waals surface area contributed by atoms with Crippen LogP contribution in [-0.4, -0.2) is 18.3 Å². The van der Waals surface area contributed by atoms with Crippen molar-refractivity contribution in [1.82, 2.24) is 0 Å². The Morgan fingerprint density at radius 2 is 2.29 bits per heavy atom. The summed E-state index contributed by atoms with van der Waals surface area (Å²) in [5.41, 5.74) is 6.99. The van der Waals surface area contributed by atoms with Crippen molar-refractivity contribution in [3.8, 4) is 5.75 Å². The molecule has 3 atom stereocenters. The van der Waals surface area contributed by atoms with Crippen LogP contribution in [-0.2, 0) is 4.74 Å². The molecule has 2 N–H and O–H groups in total. The zero-order chi connectivity index (χ0) is 12.0. The lowest BCUT2D eigenvalue weighted by molar-refractivity contribution is -0.0275. The summed E-state index contributed by atoms with van der Waals surface area (Å²) in [6, 6.07) is 5.62. The second-order valence-corrected chi connectivity index (χ2v) is 5.36. The quantitative estimate of drug-likeness (QED) is 0.773. The molecule has 0 aromatic heterocycles. The van der Waals surface area contributed by atoms with Crippen molar-refractivity contribution in [3.05, 3.63) is 28.8 Å². The molecule has 3 rings (SSSR count). The lowest BCUT2D eigenvalue weighted by Crippen LogP contribution is -2.47. The van der Waals surface area contributed by atoms with Crippen LogP contribution in [0.5, 0.6) is 5.75 Å². The number of fused-ring (bicyclic) bond motifs is 1. The van der Waals surface area contributed by atoms with Crippen LogP contribution in [0.4, 0.5) is 0 Å². The van der Waals surface area contributed by atoms with Gasteiger partial charge in [-0.2, -0.15) is 0 Å². The molecule has 3 nitrogen and oxygen atoms in total. The molecule has 1 fully saturated rings. The minimum atomic E-state index is -0.250. The van der Waals surface area contributed by atoms with Crippen LogP contribution in [0.1, 0.15) is 31.4 Å². The SMILES string of the molecule is CC1OCCC12C[C@@H](N)c1cc(Cl)ccc1O2. The molecule has 17 heavy (non-hydrogen) atoms. The summed E-state index contributed by atoms with van der Waals surface area (Å²) in [7, 11) is 0. The minimum Gasteiger partial charge on any atom is -0.484 e. The van der Waals surface area contributed by atoms with Crippen molar-refractivity contribution < 1.29 is 9.47 Å². The van der Waals surface area contributed by atoms with E-state index in [9.17, 15) is 0 Å². The molecule has 2 aliphatic heterocycles. The zero-order valence-electron chi connectivity index (χ0n) is 9.78. The first-order chi connectivity index (χ1) is 8.11. The lowest BCUT2D eigenvalue weighted by Gasteiger charge is -2.40. The molecule has 0 saturated carbocycles. The number of benzene rings is 1. The minimum absolute atomic E-state index is 0.0263. The second kappa shape index (κ2) is 3.87. The van der Waals surface area contributed by atoms with E-state index in [1.807, 2.05) is 18.2 Å². The average molecular weight is 254 g/mol. The molecule has 2 heterocycles. The third kappa shape index (κ3) is 1.73. The monoisotopic (exact) mass is 253 g/mol. The molecule has 0 amide bonds. The Morgan fingerprint density at radius 3 is 3.00 bits per heavy atom. The van der Waals surface area contributed by atoms with E-state index in [1.54, 1.807) is 0 Å². The lowest BCUT2D eigenvalue weighted by atomic mass is 9.83. The van der Waals surface area contributed by atoms with Crippen LogP contribution in [0.2, 0.25) is 5.02 Å². The van der Waals surface area contributed by atoms with Gasteiger partial charge in [0.2, 0.25) is 0 Å². The van der Waals surface area contributed by atoms with Gasteiger partial charge in [0.15, 0.2) is 0 Å². The van der Waals surface area contributed by atoms with E-state index in [4.69, 9.17) is 26.8 Å². The van der Waals surface area contributed by atoms with Crippen LogP contribution in [0.15, 0.2) is 18.2 Å². The van der Waals surface area contributed by atoms with Crippen LogP contribution in [0.3, 0.4) is 0 Å². The molecular weight excluding hydrogens is 238 g/mol. The van der Waals surface area contributed by atoms with E-state index in [-0.39, 0.29) is 17.7 Å². The van der Waals surface area contributed by atoms with Gasteiger partial charge in [0.25, 0.3) is 0 Å². The molecule has 0 bridgehead atoms. The number of ether oxygens (including phenoxy) is 2. The van der Waals surface area contributed by atoms with Crippen LogP contribution in [0.25, 0.3) is 0 Å². The maximum Gasteiger partial charge on any atom is 0.139 e. The summed E-state index contributed by atoms with van der Waals surface area (Å²) < 4.78 is 11.8. The first kappa shape index (κ1) is 11.3. The Bertz CT molecular complexity index is 451. The molecule has 1 spiro atoms. The van der Waals surface area contributed by atoms with E-state index < -0.39 is 0 Å². The Kier molecular flexibility index (Phi) is 2.58. The van der Waals surface area contributed by atoms with Gasteiger partial charge >= 0.3 is 0 Å². The normalized spacial score (nSPS) is 35.7. The maximum absolute atomic E-state index is 6.24. The molecule has 2 unspecified atom stereocenters. The van der Waals surface area contributed by atoms with Crippen molar-refractivity contribution >= 4 is 11.6 Å². The summed E-state index contributed by atoms with van der Waals surface area (Å²) in [5.74, 6) is 0.852. The van der Waals surface area contributed by atoms with Gasteiger partial charge in [-0.3, -0.25) is 0 Å². The summed E-state index contributed by atoms with van der Waals surface area (Å²) in [5, 5.41) is 0.703. The fraction of sp³-hybridized carbons (Fsp3) is 0.538. The molecule has 92 valence electrons. The van der Waals surface area contributed by atoms with Crippen molar-refractivity contribution in [1.29, 1.82) is 0 Å². The van der Waals surface area contributed by atoms with Crippen LogP contribution >= 0.6 is 11.6 Å². The number of hydrogen-bond acceptors (Lipinski definition) is 3. The van der Waals surface area contributed by atoms with E-state index in [0.29, 0.717) is 5.02 Å². The van der Waals surface area contributed by atoms with Gasteiger partial charge in [0, 0.05) is 29.5 Å². The fourth-order valence-corrected chi connectivity index (χ4v) is 2.99. The summed E-state index contributed by atoms with van der Waals surface area (Å²) in [4.78, 5) is 0. The zero-order valence-corrected chi connectivity index (χ0v) is 10.5. The predicted molar refractivity (Wildman–Crippen MR) is 66.4 cm³/mol. The van der Waals surface area contributed by atoms with Crippen molar-refractivity contribution in [2.24, 2.45) is 5.73 Å². The highest BCUT2D eigenvalue weighted by molar-refractivity contribution is 6.30. The van der Waals surface area contributed by atoms with Gasteiger partial charge in [-0.25, -0.2) is 0 Å². The molecule has 1 saturated heterocycles. The maximum atomic E-state index is 6.24. The Balaban J connectivity index is 2.01. The van der Waals surface area contributed by atoms with Crippen molar-refractivity contribution in [2.45, 2.75) is 37.5 Å². The van der Waals surface area contributed by atoms with Crippen LogP contribution in [0, 0.1) is 0 Å². The van der Waals surface area contributed by atoms with E-state index in [1.165, 1.54) is 0 Å². The smallest absolute Gasteiger partial charge is 0.139 e. The molecule has 0 aliphatic carbocycles. The van der Waals surface area contributed by atoms with E-state index in [2.05, 4.69) is 6.92 Å². The molecular formula is C13H16ClNO2. The number of rotatable bonds is 0. The summed E-state index contributed by atoms with van der Waals surface area (Å²) in [6.07, 6.45) is 1.79. The molecule has 1 aromatic carbocycles. The largest absolute Gasteiger partial charge is 0.484 e. The van der Waals surface area contributed by atoms with Crippen LogP contribution < -0.4 is 10.5 Å². The molecule has 4 heteroatoms. The van der Waals surface area contributed by atoms with Gasteiger partial charge in [-0.15, -0.1) is 0 Å². The highest BCUT2D eigenvalue weighted by Crippen LogP contribution is 2.45. The summed E-state index contributed by atoms with van der Waals surface area (Å²) in [6.45, 7) is 2.80. The Morgan fingerprint density at radius 1 is 1.47 bits per heavy atom. The molecule has 0 radical (unpaired) electrons. The van der Waals surface area contributed by atoms with E-state index in [0.717, 1.165) is 30.8 Å². The van der Waals surface area contributed by atoms with Gasteiger partial charge in [0.05, 0.1) is 12.7 Å². The number of nitrogens with two attached hydrogens (primary N) is 1. The Labute approximate surface area is 106 Å².